The average molecular weight is 268 g/mol. The van der Waals surface area contributed by atoms with Crippen molar-refractivity contribution >= 4 is 17.3 Å². The predicted octanol–water partition coefficient (Wildman–Crippen LogP) is 2.24. The van der Waals surface area contributed by atoms with Crippen LogP contribution >= 0.6 is 12.2 Å². The van der Waals surface area contributed by atoms with Crippen LogP contribution in [0.2, 0.25) is 0 Å². The highest BCUT2D eigenvalue weighted by atomic mass is 32.1. The topological polar surface area (TPSA) is 41.9 Å². The second-order valence-electron chi connectivity index (χ2n) is 4.47. The summed E-state index contributed by atoms with van der Waals surface area (Å²) in [4.78, 5) is 4.10. The highest BCUT2D eigenvalue weighted by Crippen LogP contribution is 1.97. The molecule has 0 aromatic carbocycles. The molecule has 1 rings (SSSR count). The molecule has 0 saturated heterocycles. The van der Waals surface area contributed by atoms with Crippen LogP contribution in [0.5, 0.6) is 0 Å². The molecule has 0 atom stereocenters. The molecule has 5 heteroatoms. The van der Waals surface area contributed by atoms with Gasteiger partial charge in [-0.25, -0.2) is 4.98 Å². The van der Waals surface area contributed by atoms with Crippen LogP contribution in [-0.4, -0.2) is 27.8 Å². The lowest BCUT2D eigenvalue weighted by Gasteiger charge is -2.10. The van der Waals surface area contributed by atoms with Crippen LogP contribution in [0.4, 0.5) is 0 Å². The van der Waals surface area contributed by atoms with E-state index in [1.807, 2.05) is 12.5 Å². The minimum absolute atomic E-state index is 0.772. The van der Waals surface area contributed by atoms with Crippen LogP contribution < -0.4 is 10.6 Å². The number of hydrogen-bond acceptors (Lipinski definition) is 2. The van der Waals surface area contributed by atoms with E-state index in [1.54, 1.807) is 0 Å². The second-order valence-corrected chi connectivity index (χ2v) is 4.88. The van der Waals surface area contributed by atoms with Crippen molar-refractivity contribution in [2.75, 3.05) is 13.1 Å². The van der Waals surface area contributed by atoms with Gasteiger partial charge in [0.25, 0.3) is 0 Å². The monoisotopic (exact) mass is 268 g/mol. The van der Waals surface area contributed by atoms with E-state index in [0.29, 0.717) is 0 Å². The third kappa shape index (κ3) is 6.00. The SMILES string of the molecule is CCCCCNC(=S)NCCCn1cncc1C. The van der Waals surface area contributed by atoms with Crippen LogP contribution in [0, 0.1) is 6.92 Å². The summed E-state index contributed by atoms with van der Waals surface area (Å²) in [6, 6.07) is 0. The van der Waals surface area contributed by atoms with E-state index in [2.05, 4.69) is 34.0 Å². The van der Waals surface area contributed by atoms with Gasteiger partial charge in [0.2, 0.25) is 0 Å². The summed E-state index contributed by atoms with van der Waals surface area (Å²) in [7, 11) is 0. The van der Waals surface area contributed by atoms with Crippen molar-refractivity contribution < 1.29 is 0 Å². The summed E-state index contributed by atoms with van der Waals surface area (Å²) in [6.07, 6.45) is 8.49. The first kappa shape index (κ1) is 15.0. The third-order valence-corrected chi connectivity index (χ3v) is 3.14. The van der Waals surface area contributed by atoms with Gasteiger partial charge in [0, 0.05) is 31.5 Å². The van der Waals surface area contributed by atoms with E-state index in [1.165, 1.54) is 25.0 Å². The van der Waals surface area contributed by atoms with Gasteiger partial charge in [-0.15, -0.1) is 0 Å². The van der Waals surface area contributed by atoms with E-state index in [0.717, 1.165) is 31.2 Å². The zero-order valence-electron chi connectivity index (χ0n) is 11.4. The minimum atomic E-state index is 0.772. The summed E-state index contributed by atoms with van der Waals surface area (Å²) in [5, 5.41) is 7.22. The zero-order valence-corrected chi connectivity index (χ0v) is 12.2. The molecule has 1 aromatic heterocycles. The van der Waals surface area contributed by atoms with E-state index < -0.39 is 0 Å². The summed E-state index contributed by atoms with van der Waals surface area (Å²) in [5.41, 5.74) is 1.20. The smallest absolute Gasteiger partial charge is 0.166 e. The largest absolute Gasteiger partial charge is 0.363 e. The number of rotatable bonds is 8. The molecular weight excluding hydrogens is 244 g/mol. The molecular formula is C13H24N4S. The number of unbranched alkanes of at least 4 members (excludes halogenated alkanes) is 2. The molecule has 18 heavy (non-hydrogen) atoms. The fourth-order valence-electron chi connectivity index (χ4n) is 1.71. The molecule has 4 nitrogen and oxygen atoms in total. The Hall–Kier alpha value is -1.10. The first-order chi connectivity index (χ1) is 8.74. The molecule has 0 spiro atoms. The lowest BCUT2D eigenvalue weighted by atomic mass is 10.2. The van der Waals surface area contributed by atoms with Crippen LogP contribution in [0.1, 0.15) is 38.3 Å². The molecule has 0 aliphatic carbocycles. The maximum absolute atomic E-state index is 5.20. The highest BCUT2D eigenvalue weighted by molar-refractivity contribution is 7.80. The standard InChI is InChI=1S/C13H24N4S/c1-3-4-5-7-15-13(18)16-8-6-9-17-11-14-10-12(17)2/h10-11H,3-9H2,1-2H3,(H2,15,16,18). The molecule has 2 N–H and O–H groups in total. The zero-order chi connectivity index (χ0) is 13.2. The number of hydrogen-bond donors (Lipinski definition) is 2. The Bertz CT molecular complexity index is 349. The van der Waals surface area contributed by atoms with Crippen LogP contribution in [-0.2, 0) is 6.54 Å². The number of nitrogens with one attached hydrogen (secondary N) is 2. The number of aromatic nitrogens is 2. The van der Waals surface area contributed by atoms with Crippen molar-refractivity contribution in [2.45, 2.75) is 46.1 Å². The van der Waals surface area contributed by atoms with Crippen LogP contribution in [0.15, 0.2) is 12.5 Å². The average Bonchev–Trinajstić information content (AvgIpc) is 2.76. The van der Waals surface area contributed by atoms with Crippen molar-refractivity contribution in [3.05, 3.63) is 18.2 Å². The second kappa shape index (κ2) is 8.91. The van der Waals surface area contributed by atoms with Crippen molar-refractivity contribution in [3.63, 3.8) is 0 Å². The Kier molecular flexibility index (Phi) is 7.41. The molecule has 0 fully saturated rings. The normalized spacial score (nSPS) is 10.3. The number of thiocarbonyl (C=S) groups is 1. The van der Waals surface area contributed by atoms with Crippen molar-refractivity contribution in [2.24, 2.45) is 0 Å². The van der Waals surface area contributed by atoms with E-state index in [9.17, 15) is 0 Å². The van der Waals surface area contributed by atoms with Crippen molar-refractivity contribution in [1.82, 2.24) is 20.2 Å². The lowest BCUT2D eigenvalue weighted by molar-refractivity contribution is 0.614. The summed E-state index contributed by atoms with van der Waals surface area (Å²) in [5.74, 6) is 0. The summed E-state index contributed by atoms with van der Waals surface area (Å²) < 4.78 is 2.15. The lowest BCUT2D eigenvalue weighted by Crippen LogP contribution is -2.36. The van der Waals surface area contributed by atoms with E-state index in [4.69, 9.17) is 12.2 Å². The van der Waals surface area contributed by atoms with Gasteiger partial charge in [-0.1, -0.05) is 19.8 Å². The third-order valence-electron chi connectivity index (χ3n) is 2.85. The Balaban J connectivity index is 2.00. The maximum atomic E-state index is 5.20. The number of imidazole rings is 1. The minimum Gasteiger partial charge on any atom is -0.363 e. The summed E-state index contributed by atoms with van der Waals surface area (Å²) in [6.45, 7) is 7.13. The van der Waals surface area contributed by atoms with Gasteiger partial charge in [-0.3, -0.25) is 0 Å². The highest BCUT2D eigenvalue weighted by Gasteiger charge is 1.97. The van der Waals surface area contributed by atoms with Crippen molar-refractivity contribution in [1.29, 1.82) is 0 Å². The molecule has 102 valence electrons. The molecule has 0 unspecified atom stereocenters. The van der Waals surface area contributed by atoms with Gasteiger partial charge >= 0.3 is 0 Å². The molecule has 0 bridgehead atoms. The van der Waals surface area contributed by atoms with Gasteiger partial charge in [-0.05, 0) is 32.0 Å². The Morgan fingerprint density at radius 1 is 1.28 bits per heavy atom. The molecule has 0 amide bonds. The van der Waals surface area contributed by atoms with Gasteiger partial charge in [0.1, 0.15) is 0 Å². The van der Waals surface area contributed by atoms with Gasteiger partial charge < -0.3 is 15.2 Å². The molecule has 0 saturated carbocycles. The fraction of sp³-hybridized carbons (Fsp3) is 0.692. The molecule has 1 aromatic rings. The molecule has 0 aliphatic heterocycles. The van der Waals surface area contributed by atoms with Crippen molar-refractivity contribution in [3.8, 4) is 0 Å². The Morgan fingerprint density at radius 3 is 2.61 bits per heavy atom. The summed E-state index contributed by atoms with van der Waals surface area (Å²) >= 11 is 5.20. The first-order valence-electron chi connectivity index (χ1n) is 6.72. The van der Waals surface area contributed by atoms with Gasteiger partial charge in [-0.2, -0.15) is 0 Å². The Morgan fingerprint density at radius 2 is 2.00 bits per heavy atom. The molecule has 1 heterocycles. The fourth-order valence-corrected chi connectivity index (χ4v) is 1.92. The molecule has 0 radical (unpaired) electrons. The number of nitrogens with zero attached hydrogens (tertiary/aromatic N) is 2. The van der Waals surface area contributed by atoms with E-state index in [-0.39, 0.29) is 0 Å². The first-order valence-corrected chi connectivity index (χ1v) is 7.13. The Labute approximate surface area is 115 Å². The van der Waals surface area contributed by atoms with Gasteiger partial charge in [0.05, 0.1) is 6.33 Å². The quantitative estimate of drug-likeness (QED) is 0.560. The van der Waals surface area contributed by atoms with Crippen LogP contribution in [0.3, 0.4) is 0 Å². The number of aryl methyl sites for hydroxylation is 2. The maximum Gasteiger partial charge on any atom is 0.166 e. The van der Waals surface area contributed by atoms with Crippen LogP contribution in [0.25, 0.3) is 0 Å². The van der Waals surface area contributed by atoms with Gasteiger partial charge in [0.15, 0.2) is 5.11 Å². The molecule has 0 aliphatic rings. The predicted molar refractivity (Wildman–Crippen MR) is 79.7 cm³/mol. The van der Waals surface area contributed by atoms with E-state index >= 15 is 0 Å².